The first-order chi connectivity index (χ1) is 7.11. The summed E-state index contributed by atoms with van der Waals surface area (Å²) >= 11 is 4.21. The highest BCUT2D eigenvalue weighted by atomic mass is 32.1. The predicted octanol–water partition coefficient (Wildman–Crippen LogP) is 2.70. The van der Waals surface area contributed by atoms with Crippen molar-refractivity contribution in [2.75, 3.05) is 0 Å². The lowest BCUT2D eigenvalue weighted by molar-refractivity contribution is 0.594. The van der Waals surface area contributed by atoms with Crippen molar-refractivity contribution >= 4 is 12.6 Å². The molecule has 0 amide bonds. The summed E-state index contributed by atoms with van der Waals surface area (Å²) in [5, 5.41) is 0. The SMILES string of the molecule is CCCCn1c(C)cc(C)c(CS)c1=O. The highest BCUT2D eigenvalue weighted by Crippen LogP contribution is 2.09. The molecular weight excluding hydrogens is 206 g/mol. The molecule has 3 heteroatoms. The Bertz CT molecular complexity index is 395. The summed E-state index contributed by atoms with van der Waals surface area (Å²) in [6.07, 6.45) is 2.16. The third kappa shape index (κ3) is 2.65. The smallest absolute Gasteiger partial charge is 0.255 e. The summed E-state index contributed by atoms with van der Waals surface area (Å²) in [5.74, 6) is 0.525. The van der Waals surface area contributed by atoms with Gasteiger partial charge < -0.3 is 4.57 Å². The van der Waals surface area contributed by atoms with Gasteiger partial charge in [-0.3, -0.25) is 4.79 Å². The van der Waals surface area contributed by atoms with Gasteiger partial charge in [-0.05, 0) is 31.9 Å². The van der Waals surface area contributed by atoms with Crippen molar-refractivity contribution in [3.05, 3.63) is 33.2 Å². The summed E-state index contributed by atoms with van der Waals surface area (Å²) in [7, 11) is 0. The fourth-order valence-electron chi connectivity index (χ4n) is 1.76. The van der Waals surface area contributed by atoms with E-state index in [2.05, 4.69) is 25.6 Å². The maximum absolute atomic E-state index is 12.1. The number of nitrogens with zero attached hydrogens (tertiary/aromatic N) is 1. The molecule has 15 heavy (non-hydrogen) atoms. The summed E-state index contributed by atoms with van der Waals surface area (Å²) < 4.78 is 1.86. The van der Waals surface area contributed by atoms with E-state index in [1.165, 1.54) is 0 Å². The highest BCUT2D eigenvalue weighted by molar-refractivity contribution is 7.79. The molecule has 0 radical (unpaired) electrons. The Morgan fingerprint density at radius 2 is 2.07 bits per heavy atom. The fourth-order valence-corrected chi connectivity index (χ4v) is 2.14. The van der Waals surface area contributed by atoms with Crippen molar-refractivity contribution in [3.63, 3.8) is 0 Å². The zero-order chi connectivity index (χ0) is 11.4. The molecule has 0 aliphatic heterocycles. The Labute approximate surface area is 96.7 Å². The van der Waals surface area contributed by atoms with Gasteiger partial charge in [0, 0.05) is 23.6 Å². The fraction of sp³-hybridized carbons (Fsp3) is 0.583. The molecule has 0 N–H and O–H groups in total. The zero-order valence-electron chi connectivity index (χ0n) is 9.71. The molecule has 0 aliphatic rings. The second-order valence-electron chi connectivity index (χ2n) is 3.92. The first kappa shape index (κ1) is 12.4. The summed E-state index contributed by atoms with van der Waals surface area (Å²) in [5.41, 5.74) is 3.08. The molecule has 0 aromatic carbocycles. The van der Waals surface area contributed by atoms with Crippen LogP contribution in [0, 0.1) is 13.8 Å². The van der Waals surface area contributed by atoms with Crippen molar-refractivity contribution in [1.82, 2.24) is 4.57 Å². The average molecular weight is 225 g/mol. The molecule has 0 saturated carbocycles. The monoisotopic (exact) mass is 225 g/mol. The van der Waals surface area contributed by atoms with Gasteiger partial charge in [-0.25, -0.2) is 0 Å². The van der Waals surface area contributed by atoms with E-state index in [0.717, 1.165) is 36.2 Å². The van der Waals surface area contributed by atoms with Gasteiger partial charge in [0.2, 0.25) is 0 Å². The predicted molar refractivity (Wildman–Crippen MR) is 67.8 cm³/mol. The van der Waals surface area contributed by atoms with Crippen LogP contribution in [0.4, 0.5) is 0 Å². The molecule has 1 aromatic heterocycles. The van der Waals surface area contributed by atoms with Gasteiger partial charge >= 0.3 is 0 Å². The van der Waals surface area contributed by atoms with Crippen LogP contribution in [0.2, 0.25) is 0 Å². The summed E-state index contributed by atoms with van der Waals surface area (Å²) in [4.78, 5) is 12.1. The van der Waals surface area contributed by atoms with Crippen LogP contribution in [-0.2, 0) is 12.3 Å². The molecular formula is C12H19NOS. The van der Waals surface area contributed by atoms with Crippen LogP contribution in [0.5, 0.6) is 0 Å². The number of unbranched alkanes of at least 4 members (excludes halogenated alkanes) is 1. The Kier molecular flexibility index (Phi) is 4.45. The second-order valence-corrected chi connectivity index (χ2v) is 4.23. The maximum Gasteiger partial charge on any atom is 0.255 e. The van der Waals surface area contributed by atoms with Crippen molar-refractivity contribution in [3.8, 4) is 0 Å². The number of rotatable bonds is 4. The Morgan fingerprint density at radius 3 is 2.60 bits per heavy atom. The van der Waals surface area contributed by atoms with Crippen LogP contribution in [0.1, 0.15) is 36.6 Å². The maximum atomic E-state index is 12.1. The molecule has 1 heterocycles. The van der Waals surface area contributed by atoms with Crippen LogP contribution in [0.25, 0.3) is 0 Å². The van der Waals surface area contributed by atoms with Crippen LogP contribution in [0.3, 0.4) is 0 Å². The van der Waals surface area contributed by atoms with E-state index in [0.29, 0.717) is 5.75 Å². The third-order valence-electron chi connectivity index (χ3n) is 2.72. The minimum Gasteiger partial charge on any atom is -0.313 e. The van der Waals surface area contributed by atoms with Crippen LogP contribution in [-0.4, -0.2) is 4.57 Å². The number of thiol groups is 1. The molecule has 1 aromatic rings. The first-order valence-corrected chi connectivity index (χ1v) is 6.05. The summed E-state index contributed by atoms with van der Waals surface area (Å²) in [6, 6.07) is 2.07. The van der Waals surface area contributed by atoms with Crippen molar-refractivity contribution in [2.24, 2.45) is 0 Å². The van der Waals surface area contributed by atoms with Gasteiger partial charge in [0.1, 0.15) is 0 Å². The minimum absolute atomic E-state index is 0.135. The van der Waals surface area contributed by atoms with Gasteiger partial charge in [-0.2, -0.15) is 12.6 Å². The van der Waals surface area contributed by atoms with E-state index >= 15 is 0 Å². The lowest BCUT2D eigenvalue weighted by Gasteiger charge is -2.13. The molecule has 84 valence electrons. The Hall–Kier alpha value is -0.700. The Morgan fingerprint density at radius 1 is 1.40 bits per heavy atom. The number of hydrogen-bond acceptors (Lipinski definition) is 2. The standard InChI is InChI=1S/C12H19NOS/c1-4-5-6-13-10(3)7-9(2)11(8-15)12(13)14/h7,15H,4-6,8H2,1-3H3. The lowest BCUT2D eigenvalue weighted by Crippen LogP contribution is -2.26. The van der Waals surface area contributed by atoms with E-state index in [9.17, 15) is 4.79 Å². The molecule has 0 spiro atoms. The van der Waals surface area contributed by atoms with Crippen LogP contribution in [0.15, 0.2) is 10.9 Å². The van der Waals surface area contributed by atoms with Gasteiger partial charge in [-0.1, -0.05) is 13.3 Å². The quantitative estimate of drug-likeness (QED) is 0.782. The largest absolute Gasteiger partial charge is 0.313 e. The first-order valence-electron chi connectivity index (χ1n) is 5.42. The van der Waals surface area contributed by atoms with Crippen LogP contribution >= 0.6 is 12.6 Å². The molecule has 0 unspecified atom stereocenters. The van der Waals surface area contributed by atoms with Crippen LogP contribution < -0.4 is 5.56 Å². The number of aromatic nitrogens is 1. The van der Waals surface area contributed by atoms with E-state index in [1.807, 2.05) is 18.4 Å². The van der Waals surface area contributed by atoms with Crippen molar-refractivity contribution < 1.29 is 0 Å². The van der Waals surface area contributed by atoms with Crippen molar-refractivity contribution in [2.45, 2.75) is 45.9 Å². The highest BCUT2D eigenvalue weighted by Gasteiger charge is 2.08. The van der Waals surface area contributed by atoms with Gasteiger partial charge in [0.25, 0.3) is 5.56 Å². The molecule has 1 rings (SSSR count). The molecule has 0 fully saturated rings. The van der Waals surface area contributed by atoms with E-state index < -0.39 is 0 Å². The number of aryl methyl sites for hydroxylation is 2. The van der Waals surface area contributed by atoms with Gasteiger partial charge in [0.05, 0.1) is 0 Å². The number of pyridine rings is 1. The molecule has 2 nitrogen and oxygen atoms in total. The topological polar surface area (TPSA) is 22.0 Å². The molecule has 0 aliphatic carbocycles. The minimum atomic E-state index is 0.135. The Balaban J connectivity index is 3.20. The molecule has 0 bridgehead atoms. The molecule has 0 saturated heterocycles. The summed E-state index contributed by atoms with van der Waals surface area (Å²) in [6.45, 7) is 6.92. The zero-order valence-corrected chi connectivity index (χ0v) is 10.6. The molecule has 0 atom stereocenters. The second kappa shape index (κ2) is 5.40. The van der Waals surface area contributed by atoms with E-state index in [4.69, 9.17) is 0 Å². The number of hydrogen-bond donors (Lipinski definition) is 1. The van der Waals surface area contributed by atoms with Gasteiger partial charge in [-0.15, -0.1) is 0 Å². The van der Waals surface area contributed by atoms with E-state index in [-0.39, 0.29) is 5.56 Å². The van der Waals surface area contributed by atoms with Crippen molar-refractivity contribution in [1.29, 1.82) is 0 Å². The average Bonchev–Trinajstić information content (AvgIpc) is 2.17. The lowest BCUT2D eigenvalue weighted by atomic mass is 10.1. The van der Waals surface area contributed by atoms with E-state index in [1.54, 1.807) is 0 Å². The van der Waals surface area contributed by atoms with Gasteiger partial charge in [0.15, 0.2) is 0 Å². The third-order valence-corrected chi connectivity index (χ3v) is 3.04. The normalized spacial score (nSPS) is 10.7.